The van der Waals surface area contributed by atoms with Gasteiger partial charge in [0.25, 0.3) is 5.69 Å². The van der Waals surface area contributed by atoms with E-state index in [1.165, 1.54) is 13.2 Å². The van der Waals surface area contributed by atoms with E-state index in [-0.39, 0.29) is 0 Å². The van der Waals surface area contributed by atoms with Crippen LogP contribution in [0, 0.1) is 11.6 Å². The summed E-state index contributed by atoms with van der Waals surface area (Å²) < 4.78 is 38.5. The van der Waals surface area contributed by atoms with Crippen molar-refractivity contribution in [2.24, 2.45) is 0 Å². The summed E-state index contributed by atoms with van der Waals surface area (Å²) in [6.45, 7) is 4.13. The molecule has 1 saturated carbocycles. The number of benzene rings is 1. The van der Waals surface area contributed by atoms with E-state index in [1.54, 1.807) is 22.9 Å². The summed E-state index contributed by atoms with van der Waals surface area (Å²) in [5.74, 6) is -1.60. The number of carbonyl (C=O) groups is 1. The highest BCUT2D eigenvalue weighted by Crippen LogP contribution is 2.71. The van der Waals surface area contributed by atoms with Crippen LogP contribution < -0.4 is 9.13 Å². The summed E-state index contributed by atoms with van der Waals surface area (Å²) in [6.07, 6.45) is 7.07. The first kappa shape index (κ1) is 20.5. The number of nitrogens with zero attached hydrogens (tertiary/aromatic N) is 2. The van der Waals surface area contributed by atoms with Crippen molar-refractivity contribution >= 4 is 12.2 Å². The molecule has 6 heteroatoms. The Kier molecular flexibility index (Phi) is 4.52. The Morgan fingerprint density at radius 3 is 2.53 bits per heavy atom. The minimum atomic E-state index is -0.588. The van der Waals surface area contributed by atoms with Gasteiger partial charge >= 0.3 is 5.97 Å². The number of hydrogen-bond acceptors (Lipinski definition) is 2. The van der Waals surface area contributed by atoms with Crippen LogP contribution in [-0.2, 0) is 15.7 Å². The number of rotatable bonds is 4. The van der Waals surface area contributed by atoms with Crippen molar-refractivity contribution in [1.29, 1.82) is 0 Å². The molecular formula is C26H24F2N2O2+2. The molecule has 2 aromatic heterocycles. The lowest BCUT2D eigenvalue weighted by molar-refractivity contribution is -0.732. The van der Waals surface area contributed by atoms with E-state index in [0.29, 0.717) is 23.2 Å². The molecule has 1 aromatic carbocycles. The SMILES string of the molecule is CCC12C(=C[n+]3ccccc3C(=O)OC)C1(CC)[n+]1ccccc1-c1c(F)cc(F)cc12. The van der Waals surface area contributed by atoms with E-state index in [4.69, 9.17) is 4.74 Å². The zero-order valence-corrected chi connectivity index (χ0v) is 18.2. The number of methoxy groups -OCH3 is 1. The second kappa shape index (κ2) is 7.05. The van der Waals surface area contributed by atoms with Crippen molar-refractivity contribution in [3.05, 3.63) is 89.4 Å². The molecular weight excluding hydrogens is 410 g/mol. The van der Waals surface area contributed by atoms with Crippen LogP contribution in [0.4, 0.5) is 8.78 Å². The Morgan fingerprint density at radius 2 is 1.81 bits per heavy atom. The standard InChI is InChI=1S/C26H24F2N2O2/c1-4-25-18-14-17(27)15-19(28)23(18)20-10-7-9-13-30(20)26(25,5-2)22(25)16-29-12-8-6-11-21(29)24(31)32-3/h6-16H,4-5H2,1-3H3/q+2. The number of fused-ring (bicyclic) bond motifs is 6. The first-order valence-electron chi connectivity index (χ1n) is 10.8. The summed E-state index contributed by atoms with van der Waals surface area (Å²) in [4.78, 5) is 12.4. The van der Waals surface area contributed by atoms with Crippen LogP contribution >= 0.6 is 0 Å². The maximum atomic E-state index is 15.2. The average Bonchev–Trinajstić information content (AvgIpc) is 3.41. The normalized spacial score (nSPS) is 23.8. The number of pyridine rings is 2. The van der Waals surface area contributed by atoms with Crippen molar-refractivity contribution in [3.63, 3.8) is 0 Å². The highest BCUT2D eigenvalue weighted by atomic mass is 19.1. The van der Waals surface area contributed by atoms with Crippen molar-refractivity contribution in [3.8, 4) is 11.3 Å². The summed E-state index contributed by atoms with van der Waals surface area (Å²) in [5.41, 5.74) is 2.14. The summed E-state index contributed by atoms with van der Waals surface area (Å²) >= 11 is 0. The first-order chi connectivity index (χ1) is 15.5. The predicted octanol–water partition coefficient (Wildman–Crippen LogP) is 4.31. The lowest BCUT2D eigenvalue weighted by Crippen LogP contribution is -2.55. The van der Waals surface area contributed by atoms with Gasteiger partial charge < -0.3 is 4.74 Å². The summed E-state index contributed by atoms with van der Waals surface area (Å²) in [7, 11) is 1.35. The molecule has 0 spiro atoms. The summed E-state index contributed by atoms with van der Waals surface area (Å²) in [6, 6.07) is 13.4. The van der Waals surface area contributed by atoms with Gasteiger partial charge in [-0.3, -0.25) is 0 Å². The number of halogens is 2. The molecule has 2 unspecified atom stereocenters. The number of ether oxygens (including phenoxy) is 1. The van der Waals surface area contributed by atoms with Crippen LogP contribution in [-0.4, -0.2) is 13.1 Å². The lowest BCUT2D eigenvalue weighted by atomic mass is 9.79. The lowest BCUT2D eigenvalue weighted by Gasteiger charge is -2.27. The van der Waals surface area contributed by atoms with Gasteiger partial charge in [0.1, 0.15) is 11.6 Å². The fraction of sp³-hybridized carbons (Fsp3) is 0.269. The van der Waals surface area contributed by atoms with Crippen molar-refractivity contribution in [2.75, 3.05) is 7.11 Å². The Labute approximate surface area is 185 Å². The van der Waals surface area contributed by atoms with Gasteiger partial charge in [0.15, 0.2) is 18.6 Å². The second-order valence-corrected chi connectivity index (χ2v) is 8.27. The van der Waals surface area contributed by atoms with Crippen molar-refractivity contribution < 1.29 is 27.4 Å². The molecule has 2 atom stereocenters. The second-order valence-electron chi connectivity index (χ2n) is 8.27. The van der Waals surface area contributed by atoms with Crippen LogP contribution in [0.5, 0.6) is 0 Å². The third kappa shape index (κ3) is 2.38. The molecule has 0 amide bonds. The van der Waals surface area contributed by atoms with Crippen LogP contribution in [0.25, 0.3) is 17.5 Å². The molecule has 1 aliphatic heterocycles. The maximum Gasteiger partial charge on any atom is 0.403 e. The zero-order valence-electron chi connectivity index (χ0n) is 18.2. The smallest absolute Gasteiger partial charge is 0.403 e. The molecule has 2 aliphatic rings. The highest BCUT2D eigenvalue weighted by Gasteiger charge is 2.83. The van der Waals surface area contributed by atoms with Gasteiger partial charge in [-0.2, -0.15) is 9.13 Å². The van der Waals surface area contributed by atoms with E-state index < -0.39 is 28.6 Å². The van der Waals surface area contributed by atoms with Gasteiger partial charge in [0.05, 0.1) is 23.7 Å². The Hall–Kier alpha value is -3.41. The van der Waals surface area contributed by atoms with Crippen molar-refractivity contribution in [1.82, 2.24) is 0 Å². The quantitative estimate of drug-likeness (QED) is 0.453. The van der Waals surface area contributed by atoms with Crippen LogP contribution in [0.1, 0.15) is 42.7 Å². The van der Waals surface area contributed by atoms with E-state index in [2.05, 4.69) is 11.5 Å². The topological polar surface area (TPSA) is 34.1 Å². The van der Waals surface area contributed by atoms with Gasteiger partial charge in [0, 0.05) is 36.8 Å². The molecule has 0 radical (unpaired) electrons. The monoisotopic (exact) mass is 434 g/mol. The van der Waals surface area contributed by atoms with E-state index in [1.807, 2.05) is 43.6 Å². The number of esters is 1. The maximum absolute atomic E-state index is 15.2. The number of carbonyl (C=O) groups excluding carboxylic acids is 1. The Morgan fingerprint density at radius 1 is 1.06 bits per heavy atom. The molecule has 5 rings (SSSR count). The molecule has 1 fully saturated rings. The Bertz CT molecular complexity index is 1300. The summed E-state index contributed by atoms with van der Waals surface area (Å²) in [5, 5.41) is 0. The predicted molar refractivity (Wildman–Crippen MR) is 114 cm³/mol. The van der Waals surface area contributed by atoms with Gasteiger partial charge in [0.2, 0.25) is 11.2 Å². The van der Waals surface area contributed by atoms with Gasteiger partial charge in [-0.1, -0.05) is 13.8 Å². The molecule has 4 nitrogen and oxygen atoms in total. The van der Waals surface area contributed by atoms with E-state index in [0.717, 1.165) is 23.8 Å². The molecule has 3 heterocycles. The molecule has 0 bridgehead atoms. The molecule has 32 heavy (non-hydrogen) atoms. The molecule has 0 N–H and O–H groups in total. The largest absolute Gasteiger partial charge is 0.461 e. The number of aromatic nitrogens is 2. The number of allylic oxidation sites excluding steroid dienone is 1. The van der Waals surface area contributed by atoms with E-state index in [9.17, 15) is 9.18 Å². The molecule has 1 aliphatic carbocycles. The molecule has 3 aromatic rings. The van der Waals surface area contributed by atoms with Crippen LogP contribution in [0.15, 0.2) is 66.5 Å². The minimum Gasteiger partial charge on any atom is -0.461 e. The third-order valence-corrected chi connectivity index (χ3v) is 7.19. The third-order valence-electron chi connectivity index (χ3n) is 7.19. The zero-order chi connectivity index (χ0) is 22.7. The van der Waals surface area contributed by atoms with Gasteiger partial charge in [-0.15, -0.1) is 0 Å². The first-order valence-corrected chi connectivity index (χ1v) is 10.8. The fourth-order valence-corrected chi connectivity index (χ4v) is 5.92. The molecule has 162 valence electrons. The van der Waals surface area contributed by atoms with Gasteiger partial charge in [-0.25, -0.2) is 13.6 Å². The average molecular weight is 434 g/mol. The number of hydrogen-bond donors (Lipinski definition) is 0. The Balaban J connectivity index is 1.86. The van der Waals surface area contributed by atoms with Crippen molar-refractivity contribution in [2.45, 2.75) is 37.6 Å². The van der Waals surface area contributed by atoms with Crippen LogP contribution in [0.3, 0.4) is 0 Å². The van der Waals surface area contributed by atoms with Gasteiger partial charge in [-0.05, 0) is 30.2 Å². The minimum absolute atomic E-state index is 0.382. The fourth-order valence-electron chi connectivity index (χ4n) is 5.92. The van der Waals surface area contributed by atoms with E-state index >= 15 is 4.39 Å². The highest BCUT2D eigenvalue weighted by molar-refractivity contribution is 5.86. The molecule has 0 saturated heterocycles. The van der Waals surface area contributed by atoms with Crippen LogP contribution in [0.2, 0.25) is 0 Å².